The summed E-state index contributed by atoms with van der Waals surface area (Å²) < 4.78 is 38.1. The zero-order valence-corrected chi connectivity index (χ0v) is 17.2. The predicted octanol–water partition coefficient (Wildman–Crippen LogP) is 2.79. The SMILES string of the molecule is COc1ccc(S(=O)(=O)N2CCN(c3oc(-c4cccs4)nc3C#N)CC2)cc1. The van der Waals surface area contributed by atoms with Crippen molar-refractivity contribution in [2.24, 2.45) is 0 Å². The van der Waals surface area contributed by atoms with Gasteiger partial charge in [0.2, 0.25) is 27.5 Å². The number of ether oxygens (including phenoxy) is 1. The van der Waals surface area contributed by atoms with Gasteiger partial charge in [-0.3, -0.25) is 0 Å². The highest BCUT2D eigenvalue weighted by molar-refractivity contribution is 7.89. The number of piperazine rings is 1. The van der Waals surface area contributed by atoms with Gasteiger partial charge >= 0.3 is 0 Å². The minimum Gasteiger partial charge on any atom is -0.497 e. The normalized spacial score (nSPS) is 15.2. The molecule has 1 aromatic carbocycles. The third-order valence-electron chi connectivity index (χ3n) is 4.67. The summed E-state index contributed by atoms with van der Waals surface area (Å²) >= 11 is 1.48. The number of methoxy groups -OCH3 is 1. The van der Waals surface area contributed by atoms with E-state index in [2.05, 4.69) is 11.1 Å². The summed E-state index contributed by atoms with van der Waals surface area (Å²) in [5.74, 6) is 1.39. The van der Waals surface area contributed by atoms with E-state index >= 15 is 0 Å². The molecule has 0 aliphatic carbocycles. The molecule has 3 heterocycles. The molecule has 0 unspecified atom stereocenters. The maximum atomic E-state index is 12.9. The largest absolute Gasteiger partial charge is 0.497 e. The second-order valence-electron chi connectivity index (χ2n) is 6.33. The standard InChI is InChI=1S/C19H18N4O4S2/c1-26-14-4-6-15(7-5-14)29(24,25)23-10-8-22(9-11-23)19-16(13-20)21-18(27-19)17-3-2-12-28-17/h2-7,12H,8-11H2,1H3. The fraction of sp³-hybridized carbons (Fsp3) is 0.263. The highest BCUT2D eigenvalue weighted by Gasteiger charge is 2.31. The number of hydrogen-bond donors (Lipinski definition) is 0. The molecule has 0 N–H and O–H groups in total. The monoisotopic (exact) mass is 430 g/mol. The number of sulfonamides is 1. The molecule has 0 spiro atoms. The van der Waals surface area contributed by atoms with Crippen molar-refractivity contribution in [2.45, 2.75) is 4.90 Å². The number of oxazole rings is 1. The second kappa shape index (κ2) is 7.87. The third-order valence-corrected chi connectivity index (χ3v) is 7.44. The average molecular weight is 431 g/mol. The van der Waals surface area contributed by atoms with Gasteiger partial charge in [-0.2, -0.15) is 14.6 Å². The van der Waals surface area contributed by atoms with Crippen molar-refractivity contribution in [3.63, 3.8) is 0 Å². The molecule has 0 atom stereocenters. The van der Waals surface area contributed by atoms with Crippen LogP contribution < -0.4 is 9.64 Å². The van der Waals surface area contributed by atoms with Crippen molar-refractivity contribution in [1.82, 2.24) is 9.29 Å². The van der Waals surface area contributed by atoms with Crippen molar-refractivity contribution in [3.05, 3.63) is 47.5 Å². The highest BCUT2D eigenvalue weighted by Crippen LogP contribution is 2.31. The van der Waals surface area contributed by atoms with Gasteiger partial charge in [0.15, 0.2) is 0 Å². The maximum absolute atomic E-state index is 12.9. The number of rotatable bonds is 5. The Morgan fingerprint density at radius 1 is 1.17 bits per heavy atom. The molecule has 1 aliphatic heterocycles. The lowest BCUT2D eigenvalue weighted by Crippen LogP contribution is -2.48. The van der Waals surface area contributed by atoms with Crippen LogP contribution in [0.3, 0.4) is 0 Å². The van der Waals surface area contributed by atoms with Crippen LogP contribution in [0, 0.1) is 11.3 Å². The predicted molar refractivity (Wildman–Crippen MR) is 108 cm³/mol. The van der Waals surface area contributed by atoms with Crippen LogP contribution in [0.2, 0.25) is 0 Å². The van der Waals surface area contributed by atoms with E-state index in [0.717, 1.165) is 4.88 Å². The number of nitriles is 1. The highest BCUT2D eigenvalue weighted by atomic mass is 32.2. The van der Waals surface area contributed by atoms with Crippen LogP contribution in [0.4, 0.5) is 5.88 Å². The third kappa shape index (κ3) is 3.72. The molecule has 4 rings (SSSR count). The maximum Gasteiger partial charge on any atom is 0.243 e. The summed E-state index contributed by atoms with van der Waals surface area (Å²) in [6.45, 7) is 1.38. The van der Waals surface area contributed by atoms with Gasteiger partial charge in [0, 0.05) is 26.2 Å². The first-order valence-electron chi connectivity index (χ1n) is 8.87. The van der Waals surface area contributed by atoms with Crippen LogP contribution in [0.15, 0.2) is 51.1 Å². The topological polar surface area (TPSA) is 99.7 Å². The first-order valence-corrected chi connectivity index (χ1v) is 11.2. The van der Waals surface area contributed by atoms with E-state index in [9.17, 15) is 13.7 Å². The van der Waals surface area contributed by atoms with Gasteiger partial charge < -0.3 is 14.1 Å². The molecule has 0 amide bonds. The van der Waals surface area contributed by atoms with E-state index in [1.54, 1.807) is 12.1 Å². The Balaban J connectivity index is 1.50. The summed E-state index contributed by atoms with van der Waals surface area (Å²) in [6, 6.07) is 12.2. The molecular formula is C19H18N4O4S2. The number of anilines is 1. The molecule has 1 saturated heterocycles. The Labute approximate surface area is 172 Å². The number of benzene rings is 1. The van der Waals surface area contributed by atoms with Gasteiger partial charge in [0.05, 0.1) is 16.9 Å². The minimum atomic E-state index is -3.60. The van der Waals surface area contributed by atoms with Gasteiger partial charge in [-0.25, -0.2) is 8.42 Å². The van der Waals surface area contributed by atoms with Crippen molar-refractivity contribution in [1.29, 1.82) is 5.26 Å². The molecule has 10 heteroatoms. The van der Waals surface area contributed by atoms with Gasteiger partial charge in [-0.05, 0) is 35.7 Å². The number of nitrogens with zero attached hydrogens (tertiary/aromatic N) is 4. The summed E-state index contributed by atoms with van der Waals surface area (Å²) in [5, 5.41) is 11.3. The summed E-state index contributed by atoms with van der Waals surface area (Å²) in [6.07, 6.45) is 0. The molecule has 2 aromatic heterocycles. The zero-order chi connectivity index (χ0) is 20.4. The van der Waals surface area contributed by atoms with Crippen LogP contribution in [-0.4, -0.2) is 51.0 Å². The first kappa shape index (κ1) is 19.4. The van der Waals surface area contributed by atoms with Crippen LogP contribution in [0.25, 0.3) is 10.8 Å². The Kier molecular flexibility index (Phi) is 5.27. The lowest BCUT2D eigenvalue weighted by Gasteiger charge is -2.33. The quantitative estimate of drug-likeness (QED) is 0.614. The smallest absolute Gasteiger partial charge is 0.243 e. The number of thiophene rings is 1. The first-order chi connectivity index (χ1) is 14.0. The van der Waals surface area contributed by atoms with Gasteiger partial charge in [-0.1, -0.05) is 6.07 Å². The fourth-order valence-corrected chi connectivity index (χ4v) is 5.20. The average Bonchev–Trinajstić information content (AvgIpc) is 3.43. The van der Waals surface area contributed by atoms with Crippen LogP contribution in [0.1, 0.15) is 5.69 Å². The van der Waals surface area contributed by atoms with Gasteiger partial charge in [0.25, 0.3) is 0 Å². The van der Waals surface area contributed by atoms with Crippen LogP contribution in [-0.2, 0) is 10.0 Å². The Morgan fingerprint density at radius 3 is 2.48 bits per heavy atom. The molecule has 3 aromatic rings. The molecule has 29 heavy (non-hydrogen) atoms. The van der Waals surface area contributed by atoms with Crippen molar-refractivity contribution in [3.8, 4) is 22.6 Å². The van der Waals surface area contributed by atoms with E-state index in [1.165, 1.54) is 34.9 Å². The van der Waals surface area contributed by atoms with Crippen molar-refractivity contribution >= 4 is 27.2 Å². The molecule has 150 valence electrons. The summed E-state index contributed by atoms with van der Waals surface area (Å²) in [5.41, 5.74) is 0.208. The molecule has 0 saturated carbocycles. The Bertz CT molecular complexity index is 1120. The van der Waals surface area contributed by atoms with Crippen LogP contribution >= 0.6 is 11.3 Å². The molecule has 8 nitrogen and oxygen atoms in total. The van der Waals surface area contributed by atoms with Gasteiger partial charge in [-0.15, -0.1) is 11.3 Å². The van der Waals surface area contributed by atoms with E-state index in [1.807, 2.05) is 22.4 Å². The zero-order valence-electron chi connectivity index (χ0n) is 15.6. The van der Waals surface area contributed by atoms with Crippen molar-refractivity contribution < 1.29 is 17.6 Å². The van der Waals surface area contributed by atoms with Crippen molar-refractivity contribution in [2.75, 3.05) is 38.2 Å². The van der Waals surface area contributed by atoms with E-state index in [4.69, 9.17) is 9.15 Å². The molecule has 1 aliphatic rings. The lowest BCUT2D eigenvalue weighted by molar-refractivity contribution is 0.374. The molecule has 1 fully saturated rings. The van der Waals surface area contributed by atoms with E-state index in [0.29, 0.717) is 30.6 Å². The summed E-state index contributed by atoms with van der Waals surface area (Å²) in [7, 11) is -2.06. The molecule has 0 bridgehead atoms. The number of aromatic nitrogens is 1. The van der Waals surface area contributed by atoms with Crippen LogP contribution in [0.5, 0.6) is 5.75 Å². The number of hydrogen-bond acceptors (Lipinski definition) is 8. The lowest BCUT2D eigenvalue weighted by atomic mass is 10.3. The van der Waals surface area contributed by atoms with E-state index in [-0.39, 0.29) is 23.7 Å². The molecule has 0 radical (unpaired) electrons. The molecular weight excluding hydrogens is 412 g/mol. The Hall–Kier alpha value is -2.87. The second-order valence-corrected chi connectivity index (χ2v) is 9.21. The van der Waals surface area contributed by atoms with Gasteiger partial charge in [0.1, 0.15) is 11.8 Å². The minimum absolute atomic E-state index is 0.208. The van der Waals surface area contributed by atoms with E-state index < -0.39 is 10.0 Å². The summed E-state index contributed by atoms with van der Waals surface area (Å²) in [4.78, 5) is 7.21. The fourth-order valence-electron chi connectivity index (χ4n) is 3.13. The Morgan fingerprint density at radius 2 is 1.90 bits per heavy atom.